The number of rotatable bonds is 6. The van der Waals surface area contributed by atoms with E-state index < -0.39 is 0 Å². The Morgan fingerprint density at radius 2 is 1.96 bits per heavy atom. The molecule has 0 saturated heterocycles. The largest absolute Gasteiger partial charge is 0.340 e. The minimum absolute atomic E-state index is 0.431. The van der Waals surface area contributed by atoms with Crippen molar-refractivity contribution in [2.24, 2.45) is 0 Å². The number of hydrogen-bond donors (Lipinski definition) is 0. The molecule has 26 heavy (non-hydrogen) atoms. The lowest BCUT2D eigenvalue weighted by molar-refractivity contribution is 0.707. The smallest absolute Gasteiger partial charge is 0.0825 e. The van der Waals surface area contributed by atoms with Gasteiger partial charge in [0.15, 0.2) is 0 Å². The van der Waals surface area contributed by atoms with Gasteiger partial charge in [-0.3, -0.25) is 0 Å². The number of aryl methyl sites for hydroxylation is 1. The fraction of sp³-hybridized carbons (Fsp3) is 0.304. The molecule has 0 amide bonds. The Labute approximate surface area is 164 Å². The second-order valence-electron chi connectivity index (χ2n) is 6.56. The summed E-state index contributed by atoms with van der Waals surface area (Å²) in [5, 5.41) is 1.41. The quantitative estimate of drug-likeness (QED) is 0.337. The Morgan fingerprint density at radius 1 is 1.15 bits per heavy atom. The molecular weight excluding hydrogens is 354 g/mol. The lowest BCUT2D eigenvalue weighted by Crippen LogP contribution is -2.05. The van der Waals surface area contributed by atoms with Crippen LogP contribution in [0.5, 0.6) is 0 Å². The van der Waals surface area contributed by atoms with Crippen LogP contribution >= 0.6 is 23.5 Å². The van der Waals surface area contributed by atoms with Crippen molar-refractivity contribution in [1.82, 2.24) is 4.57 Å². The van der Waals surface area contributed by atoms with Crippen LogP contribution in [-0.4, -0.2) is 10.3 Å². The van der Waals surface area contributed by atoms with Crippen molar-refractivity contribution in [1.29, 1.82) is 0 Å². The average Bonchev–Trinajstić information content (AvgIpc) is 3.01. The zero-order chi connectivity index (χ0) is 17.9. The van der Waals surface area contributed by atoms with Crippen molar-refractivity contribution >= 4 is 34.4 Å². The standard InChI is InChI=1S/C23H23NS2/c1-3-5-10-16-25-23-21-17-11-6-8-13-19(17)24(15-4-2)22(21)18-12-7-9-14-20(18)26-23/h1,6-9,11-14,23H,4-5,10,15-16H2,2H3. The summed E-state index contributed by atoms with van der Waals surface area (Å²) in [5.41, 5.74) is 5.68. The van der Waals surface area contributed by atoms with Crippen molar-refractivity contribution in [3.05, 3.63) is 54.1 Å². The molecule has 0 saturated carbocycles. The normalized spacial score (nSPS) is 15.5. The third kappa shape index (κ3) is 3.06. The first-order valence-corrected chi connectivity index (χ1v) is 11.2. The Kier molecular flexibility index (Phi) is 5.33. The molecule has 0 N–H and O–H groups in total. The Hall–Kier alpha value is -1.76. The van der Waals surface area contributed by atoms with E-state index in [2.05, 4.69) is 65.9 Å². The van der Waals surface area contributed by atoms with Gasteiger partial charge in [0.05, 0.1) is 10.3 Å². The molecular formula is C23H23NS2. The number of benzene rings is 2. The fourth-order valence-corrected chi connectivity index (χ4v) is 6.57. The maximum atomic E-state index is 5.43. The van der Waals surface area contributed by atoms with Gasteiger partial charge >= 0.3 is 0 Å². The summed E-state index contributed by atoms with van der Waals surface area (Å²) in [4.78, 5) is 1.40. The van der Waals surface area contributed by atoms with Gasteiger partial charge in [-0.15, -0.1) is 35.9 Å². The van der Waals surface area contributed by atoms with Gasteiger partial charge in [-0.25, -0.2) is 0 Å². The number of para-hydroxylation sites is 1. The number of unbranched alkanes of at least 4 members (excludes halogenated alkanes) is 1. The molecule has 1 nitrogen and oxygen atoms in total. The molecule has 4 rings (SSSR count). The summed E-state index contributed by atoms with van der Waals surface area (Å²) in [5.74, 6) is 3.87. The van der Waals surface area contributed by atoms with Crippen molar-refractivity contribution in [2.45, 2.75) is 42.2 Å². The molecule has 2 heterocycles. The van der Waals surface area contributed by atoms with E-state index in [9.17, 15) is 0 Å². The van der Waals surface area contributed by atoms with Gasteiger partial charge in [0, 0.05) is 39.9 Å². The van der Waals surface area contributed by atoms with E-state index in [0.29, 0.717) is 4.58 Å². The summed E-state index contributed by atoms with van der Waals surface area (Å²) in [6, 6.07) is 17.8. The van der Waals surface area contributed by atoms with Crippen molar-refractivity contribution < 1.29 is 0 Å². The number of hydrogen-bond acceptors (Lipinski definition) is 2. The van der Waals surface area contributed by atoms with Crippen molar-refractivity contribution in [3.8, 4) is 23.6 Å². The number of fused-ring (bicyclic) bond motifs is 5. The topological polar surface area (TPSA) is 4.93 Å². The van der Waals surface area contributed by atoms with Crippen LogP contribution in [0.1, 0.15) is 36.3 Å². The Bertz CT molecular complexity index is 964. The van der Waals surface area contributed by atoms with E-state index in [4.69, 9.17) is 6.42 Å². The first kappa shape index (κ1) is 17.6. The van der Waals surface area contributed by atoms with Crippen LogP contribution in [0.25, 0.3) is 22.2 Å². The zero-order valence-electron chi connectivity index (χ0n) is 15.1. The number of thioether (sulfide) groups is 2. The number of terminal acetylenes is 1. The summed E-state index contributed by atoms with van der Waals surface area (Å²) in [6.45, 7) is 3.32. The molecule has 1 unspecified atom stereocenters. The van der Waals surface area contributed by atoms with Gasteiger partial charge in [-0.1, -0.05) is 43.3 Å². The number of aromatic nitrogens is 1. The zero-order valence-corrected chi connectivity index (χ0v) is 16.7. The average molecular weight is 378 g/mol. The Balaban J connectivity index is 1.87. The highest BCUT2D eigenvalue weighted by atomic mass is 32.2. The van der Waals surface area contributed by atoms with Gasteiger partial charge in [-0.2, -0.15) is 0 Å². The highest BCUT2D eigenvalue weighted by molar-refractivity contribution is 8.16. The van der Waals surface area contributed by atoms with Gasteiger partial charge in [0.25, 0.3) is 0 Å². The lowest BCUT2D eigenvalue weighted by atomic mass is 10.1. The second-order valence-corrected chi connectivity index (χ2v) is 9.21. The van der Waals surface area contributed by atoms with E-state index in [-0.39, 0.29) is 0 Å². The van der Waals surface area contributed by atoms with Gasteiger partial charge < -0.3 is 4.57 Å². The van der Waals surface area contributed by atoms with Crippen molar-refractivity contribution in [3.63, 3.8) is 0 Å². The molecule has 0 fully saturated rings. The molecule has 2 aromatic carbocycles. The van der Waals surface area contributed by atoms with E-state index in [1.807, 2.05) is 23.5 Å². The van der Waals surface area contributed by atoms with Crippen molar-refractivity contribution in [2.75, 3.05) is 5.75 Å². The van der Waals surface area contributed by atoms with E-state index in [1.165, 1.54) is 32.6 Å². The summed E-state index contributed by atoms with van der Waals surface area (Å²) >= 11 is 4.05. The van der Waals surface area contributed by atoms with Gasteiger partial charge in [0.1, 0.15) is 0 Å². The van der Waals surface area contributed by atoms with Crippen LogP contribution in [0.2, 0.25) is 0 Å². The van der Waals surface area contributed by atoms with Crippen LogP contribution in [0, 0.1) is 12.3 Å². The molecule has 1 aromatic heterocycles. The first-order chi connectivity index (χ1) is 12.8. The number of nitrogens with zero attached hydrogens (tertiary/aromatic N) is 1. The summed E-state index contributed by atoms with van der Waals surface area (Å²) in [6.07, 6.45) is 8.52. The fourth-order valence-electron chi connectivity index (χ4n) is 3.74. The molecule has 3 heteroatoms. The minimum atomic E-state index is 0.431. The SMILES string of the molecule is C#CCCCSC1Sc2ccccc2-c2c1c1ccccc1n2CCC. The third-order valence-electron chi connectivity index (χ3n) is 4.80. The predicted molar refractivity (Wildman–Crippen MR) is 117 cm³/mol. The highest BCUT2D eigenvalue weighted by Gasteiger charge is 2.31. The molecule has 1 aliphatic rings. The molecule has 0 spiro atoms. The molecule has 0 bridgehead atoms. The van der Waals surface area contributed by atoms with Gasteiger partial charge in [0.2, 0.25) is 0 Å². The maximum absolute atomic E-state index is 5.43. The minimum Gasteiger partial charge on any atom is -0.340 e. The van der Waals surface area contributed by atoms with Crippen LogP contribution in [0.15, 0.2) is 53.4 Å². The van der Waals surface area contributed by atoms with Crippen LogP contribution in [0.3, 0.4) is 0 Å². The maximum Gasteiger partial charge on any atom is 0.0825 e. The highest BCUT2D eigenvalue weighted by Crippen LogP contribution is 2.56. The van der Waals surface area contributed by atoms with Crippen LogP contribution < -0.4 is 0 Å². The monoisotopic (exact) mass is 377 g/mol. The molecule has 0 aliphatic carbocycles. The van der Waals surface area contributed by atoms with Crippen LogP contribution in [-0.2, 0) is 6.54 Å². The lowest BCUT2D eigenvalue weighted by Gasteiger charge is -2.26. The predicted octanol–water partition coefficient (Wildman–Crippen LogP) is 6.97. The van der Waals surface area contributed by atoms with E-state index in [0.717, 1.165) is 31.6 Å². The molecule has 1 aliphatic heterocycles. The van der Waals surface area contributed by atoms with E-state index >= 15 is 0 Å². The van der Waals surface area contributed by atoms with Crippen LogP contribution in [0.4, 0.5) is 0 Å². The third-order valence-corrected chi connectivity index (χ3v) is 7.62. The molecule has 0 radical (unpaired) electrons. The molecule has 3 aromatic rings. The Morgan fingerprint density at radius 3 is 2.81 bits per heavy atom. The second kappa shape index (κ2) is 7.86. The first-order valence-electron chi connectivity index (χ1n) is 9.27. The van der Waals surface area contributed by atoms with Gasteiger partial charge in [-0.05, 0) is 30.7 Å². The summed E-state index contributed by atoms with van der Waals surface area (Å²) in [7, 11) is 0. The molecule has 1 atom stereocenters. The summed E-state index contributed by atoms with van der Waals surface area (Å²) < 4.78 is 2.97. The molecule has 132 valence electrons. The van der Waals surface area contributed by atoms with E-state index in [1.54, 1.807) is 0 Å².